The minimum atomic E-state index is 0.0785. The molecule has 0 radical (unpaired) electrons. The molecule has 1 aliphatic carbocycles. The Labute approximate surface area is 152 Å². The number of thiophene rings is 1. The van der Waals surface area contributed by atoms with Crippen molar-refractivity contribution in [2.75, 3.05) is 0 Å². The molecular formula is C20H24N2S2. The third-order valence-electron chi connectivity index (χ3n) is 4.03. The van der Waals surface area contributed by atoms with Gasteiger partial charge in [0.2, 0.25) is 0 Å². The fraction of sp³-hybridized carbons (Fsp3) is 0.400. The van der Waals surface area contributed by atoms with Crippen molar-refractivity contribution in [3.8, 4) is 0 Å². The predicted octanol–water partition coefficient (Wildman–Crippen LogP) is 6.53. The van der Waals surface area contributed by atoms with Crippen molar-refractivity contribution in [2.24, 2.45) is 5.41 Å². The third kappa shape index (κ3) is 3.31. The zero-order valence-electron chi connectivity index (χ0n) is 15.2. The highest BCUT2D eigenvalue weighted by molar-refractivity contribution is 7.22. The smallest absolute Gasteiger partial charge is 0.121 e. The molecule has 2 nitrogen and oxygen atoms in total. The molecular weight excluding hydrogens is 332 g/mol. The molecule has 1 aliphatic rings. The Morgan fingerprint density at radius 1 is 0.875 bits per heavy atom. The lowest BCUT2D eigenvalue weighted by atomic mass is 9.85. The summed E-state index contributed by atoms with van der Waals surface area (Å²) in [5.41, 5.74) is 3.85. The van der Waals surface area contributed by atoms with Crippen LogP contribution < -0.4 is 0 Å². The van der Waals surface area contributed by atoms with Crippen molar-refractivity contribution in [1.82, 2.24) is 9.59 Å². The van der Waals surface area contributed by atoms with E-state index in [2.05, 4.69) is 87.6 Å². The molecule has 126 valence electrons. The van der Waals surface area contributed by atoms with Crippen LogP contribution in [0.25, 0.3) is 15.8 Å². The first-order chi connectivity index (χ1) is 11.2. The first-order valence-corrected chi connectivity index (χ1v) is 9.80. The van der Waals surface area contributed by atoms with Crippen LogP contribution in [0.1, 0.15) is 51.3 Å². The molecule has 0 unspecified atom stereocenters. The molecule has 0 saturated carbocycles. The summed E-state index contributed by atoms with van der Waals surface area (Å²) >= 11 is 3.35. The Balaban J connectivity index is 2.10. The Morgan fingerprint density at radius 3 is 2.25 bits per heavy atom. The zero-order chi connectivity index (χ0) is 17.5. The third-order valence-corrected chi connectivity index (χ3v) is 6.55. The Morgan fingerprint density at radius 2 is 1.58 bits per heavy atom. The topological polar surface area (TPSA) is 25.8 Å². The van der Waals surface area contributed by atoms with Crippen LogP contribution in [0.4, 0.5) is 0 Å². The summed E-state index contributed by atoms with van der Waals surface area (Å²) in [6.07, 6.45) is 13.1. The van der Waals surface area contributed by atoms with Crippen LogP contribution in [0.3, 0.4) is 0 Å². The van der Waals surface area contributed by atoms with Crippen LogP contribution in [-0.2, 0) is 5.41 Å². The van der Waals surface area contributed by atoms with Gasteiger partial charge in [-0.25, -0.2) is 0 Å². The molecule has 0 atom stereocenters. The minimum absolute atomic E-state index is 0.0785. The fourth-order valence-corrected chi connectivity index (χ4v) is 4.77. The largest absolute Gasteiger partial charge is 0.137 e. The van der Waals surface area contributed by atoms with Crippen LogP contribution in [0.5, 0.6) is 0 Å². The highest BCUT2D eigenvalue weighted by Crippen LogP contribution is 2.43. The molecule has 2 heterocycles. The maximum atomic E-state index is 4.39. The van der Waals surface area contributed by atoms with Gasteiger partial charge >= 0.3 is 0 Å². The molecule has 0 amide bonds. The fourth-order valence-electron chi connectivity index (χ4n) is 2.64. The van der Waals surface area contributed by atoms with Crippen molar-refractivity contribution < 1.29 is 0 Å². The number of rotatable bonds is 1. The quantitative estimate of drug-likeness (QED) is 0.580. The lowest BCUT2D eigenvalue weighted by Crippen LogP contribution is -2.08. The Bertz CT molecular complexity index is 875. The van der Waals surface area contributed by atoms with Gasteiger partial charge in [0.15, 0.2) is 0 Å². The van der Waals surface area contributed by atoms with Gasteiger partial charge in [0.25, 0.3) is 0 Å². The number of nitrogens with zero attached hydrogens (tertiary/aromatic N) is 2. The SMILES string of the molecule is CC(C)(C)C1=C/C=C\C=C(\c2sc(C(C)(C)C)c3nnsc23)C=C1. The number of hydrogen-bond donors (Lipinski definition) is 0. The summed E-state index contributed by atoms with van der Waals surface area (Å²) < 4.78 is 5.41. The van der Waals surface area contributed by atoms with Gasteiger partial charge in [0.1, 0.15) is 5.52 Å². The van der Waals surface area contributed by atoms with E-state index < -0.39 is 0 Å². The van der Waals surface area contributed by atoms with E-state index in [9.17, 15) is 0 Å². The van der Waals surface area contributed by atoms with Crippen LogP contribution in [0, 0.1) is 5.41 Å². The monoisotopic (exact) mass is 356 g/mol. The second-order valence-corrected chi connectivity index (χ2v) is 9.95. The van der Waals surface area contributed by atoms with Gasteiger partial charge in [-0.1, -0.05) is 82.5 Å². The maximum absolute atomic E-state index is 4.39. The molecule has 0 fully saturated rings. The van der Waals surface area contributed by atoms with Gasteiger partial charge in [0, 0.05) is 4.88 Å². The average Bonchev–Trinajstić information content (AvgIpc) is 2.97. The van der Waals surface area contributed by atoms with Crippen molar-refractivity contribution in [3.63, 3.8) is 0 Å². The van der Waals surface area contributed by atoms with E-state index in [-0.39, 0.29) is 10.8 Å². The Kier molecular flexibility index (Phi) is 4.39. The van der Waals surface area contributed by atoms with Crippen LogP contribution in [0.15, 0.2) is 42.0 Å². The van der Waals surface area contributed by atoms with Crippen molar-refractivity contribution in [3.05, 3.63) is 51.8 Å². The van der Waals surface area contributed by atoms with Crippen LogP contribution >= 0.6 is 22.9 Å². The van der Waals surface area contributed by atoms with E-state index in [1.54, 1.807) is 0 Å². The lowest BCUT2D eigenvalue weighted by molar-refractivity contribution is 0.517. The standard InChI is InChI=1S/C20H24N2S2/c1-19(2,3)14-10-8-7-9-13(11-12-14)16-17-15(21-22-24-17)18(23-16)20(4,5)6/h7-12H,1-6H3/b8-7-,9-7?,10-8?,12-11?,13-9+,13-11?,14-10?,14-12?. The molecule has 2 aromatic heterocycles. The molecule has 0 spiro atoms. The van der Waals surface area contributed by atoms with Gasteiger partial charge in [-0.2, -0.15) is 0 Å². The van der Waals surface area contributed by atoms with Gasteiger partial charge in [-0.05, 0) is 33.5 Å². The predicted molar refractivity (Wildman–Crippen MR) is 108 cm³/mol. The van der Waals surface area contributed by atoms with Gasteiger partial charge < -0.3 is 0 Å². The van der Waals surface area contributed by atoms with Gasteiger partial charge in [-0.3, -0.25) is 0 Å². The molecule has 0 N–H and O–H groups in total. The molecule has 24 heavy (non-hydrogen) atoms. The molecule has 3 rings (SSSR count). The maximum Gasteiger partial charge on any atom is 0.121 e. The van der Waals surface area contributed by atoms with E-state index >= 15 is 0 Å². The summed E-state index contributed by atoms with van der Waals surface area (Å²) in [6, 6.07) is 0. The van der Waals surface area contributed by atoms with E-state index in [1.165, 1.54) is 37.1 Å². The van der Waals surface area contributed by atoms with Crippen LogP contribution in [0.2, 0.25) is 0 Å². The molecule has 0 aliphatic heterocycles. The van der Waals surface area contributed by atoms with E-state index in [4.69, 9.17) is 0 Å². The molecule has 0 aromatic carbocycles. The normalized spacial score (nSPS) is 19.6. The average molecular weight is 357 g/mol. The summed E-state index contributed by atoms with van der Waals surface area (Å²) in [5.74, 6) is 0. The summed E-state index contributed by atoms with van der Waals surface area (Å²) in [7, 11) is 0. The number of fused-ring (bicyclic) bond motifs is 1. The molecule has 0 saturated heterocycles. The first-order valence-electron chi connectivity index (χ1n) is 8.21. The van der Waals surface area contributed by atoms with Crippen molar-refractivity contribution >= 4 is 38.7 Å². The zero-order valence-corrected chi connectivity index (χ0v) is 16.8. The lowest BCUT2D eigenvalue weighted by Gasteiger charge is -2.20. The van der Waals surface area contributed by atoms with E-state index in [0.717, 1.165) is 5.52 Å². The highest BCUT2D eigenvalue weighted by Gasteiger charge is 2.25. The number of aromatic nitrogens is 2. The van der Waals surface area contributed by atoms with Crippen molar-refractivity contribution in [2.45, 2.75) is 47.0 Å². The number of hydrogen-bond acceptors (Lipinski definition) is 4. The first kappa shape index (κ1) is 17.3. The van der Waals surface area contributed by atoms with Gasteiger partial charge in [0.05, 0.1) is 9.58 Å². The Hall–Kier alpha value is -1.52. The summed E-state index contributed by atoms with van der Waals surface area (Å²) in [6.45, 7) is 13.5. The number of allylic oxidation sites excluding steroid dienone is 8. The summed E-state index contributed by atoms with van der Waals surface area (Å²) in [5, 5.41) is 4.39. The van der Waals surface area contributed by atoms with Crippen molar-refractivity contribution in [1.29, 1.82) is 0 Å². The minimum Gasteiger partial charge on any atom is -0.137 e. The second kappa shape index (κ2) is 6.08. The van der Waals surface area contributed by atoms with E-state index in [1.807, 2.05) is 11.3 Å². The molecule has 4 heteroatoms. The second-order valence-electron chi connectivity index (χ2n) is 8.17. The van der Waals surface area contributed by atoms with Crippen LogP contribution in [-0.4, -0.2) is 9.59 Å². The van der Waals surface area contributed by atoms with E-state index in [0.29, 0.717) is 0 Å². The highest BCUT2D eigenvalue weighted by atomic mass is 32.1. The molecule has 0 bridgehead atoms. The van der Waals surface area contributed by atoms with Gasteiger partial charge in [-0.15, -0.1) is 16.4 Å². The molecule has 2 aromatic rings. The summed E-state index contributed by atoms with van der Waals surface area (Å²) in [4.78, 5) is 2.59.